The van der Waals surface area contributed by atoms with Gasteiger partial charge in [-0.15, -0.1) is 0 Å². The van der Waals surface area contributed by atoms with Crippen LogP contribution in [0.15, 0.2) is 54.6 Å². The van der Waals surface area contributed by atoms with Crippen LogP contribution in [0.4, 0.5) is 5.69 Å². The molecule has 30 heavy (non-hydrogen) atoms. The quantitative estimate of drug-likeness (QED) is 0.480. The molecular formula is C23H23N3O4. The Morgan fingerprint density at radius 1 is 1.00 bits per heavy atom. The molecule has 0 saturated carbocycles. The Kier molecular flexibility index (Phi) is 6.41. The Labute approximate surface area is 174 Å². The van der Waals surface area contributed by atoms with Crippen LogP contribution < -0.4 is 5.32 Å². The zero-order valence-corrected chi connectivity index (χ0v) is 17.1. The lowest BCUT2D eigenvalue weighted by atomic mass is 10.1. The maximum atomic E-state index is 12.6. The van der Waals surface area contributed by atoms with Crippen LogP contribution in [0, 0.1) is 13.8 Å². The number of aryl methyl sites for hydroxylation is 1. The van der Waals surface area contributed by atoms with Gasteiger partial charge in [-0.3, -0.25) is 14.3 Å². The number of nitrogens with one attached hydrogen (secondary N) is 1. The van der Waals surface area contributed by atoms with E-state index in [-0.39, 0.29) is 5.78 Å². The molecule has 0 saturated heterocycles. The van der Waals surface area contributed by atoms with E-state index in [0.717, 1.165) is 5.56 Å². The Morgan fingerprint density at radius 3 is 2.37 bits per heavy atom. The Morgan fingerprint density at radius 2 is 1.67 bits per heavy atom. The number of esters is 1. The number of hydrogen-bond donors (Lipinski definition) is 1. The second kappa shape index (κ2) is 9.17. The minimum Gasteiger partial charge on any atom is -0.452 e. The summed E-state index contributed by atoms with van der Waals surface area (Å²) in [6, 6.07) is 16.5. The zero-order chi connectivity index (χ0) is 21.7. The Balaban J connectivity index is 1.65. The van der Waals surface area contributed by atoms with Crippen LogP contribution in [0.3, 0.4) is 0 Å². The van der Waals surface area contributed by atoms with E-state index in [1.54, 1.807) is 42.8 Å². The molecule has 0 radical (unpaired) electrons. The number of rotatable bonds is 7. The van der Waals surface area contributed by atoms with Crippen molar-refractivity contribution in [3.8, 4) is 0 Å². The van der Waals surface area contributed by atoms with Crippen LogP contribution in [0.25, 0.3) is 0 Å². The van der Waals surface area contributed by atoms with Gasteiger partial charge >= 0.3 is 5.97 Å². The van der Waals surface area contributed by atoms with E-state index >= 15 is 0 Å². The third-order valence-corrected chi connectivity index (χ3v) is 4.68. The molecule has 0 unspecified atom stereocenters. The molecule has 0 bridgehead atoms. The van der Waals surface area contributed by atoms with Crippen molar-refractivity contribution < 1.29 is 19.1 Å². The van der Waals surface area contributed by atoms with E-state index < -0.39 is 18.5 Å². The van der Waals surface area contributed by atoms with Crippen molar-refractivity contribution in [2.75, 3.05) is 11.9 Å². The maximum Gasteiger partial charge on any atom is 0.342 e. The molecule has 0 atom stereocenters. The lowest BCUT2D eigenvalue weighted by molar-refractivity contribution is -0.119. The highest BCUT2D eigenvalue weighted by atomic mass is 16.5. The van der Waals surface area contributed by atoms with Gasteiger partial charge in [-0.05, 0) is 38.5 Å². The van der Waals surface area contributed by atoms with Gasteiger partial charge in [0.1, 0.15) is 5.56 Å². The normalized spacial score (nSPS) is 10.5. The summed E-state index contributed by atoms with van der Waals surface area (Å²) in [5.41, 5.74) is 3.40. The molecule has 0 fully saturated rings. The average molecular weight is 405 g/mol. The number of carbonyl (C=O) groups excluding carboxylic acids is 3. The van der Waals surface area contributed by atoms with E-state index in [1.807, 2.05) is 30.3 Å². The fourth-order valence-corrected chi connectivity index (χ4v) is 3.19. The number of ketones is 1. The highest BCUT2D eigenvalue weighted by Gasteiger charge is 2.21. The monoisotopic (exact) mass is 405 g/mol. The first-order valence-electron chi connectivity index (χ1n) is 9.51. The number of amides is 1. The predicted octanol–water partition coefficient (Wildman–Crippen LogP) is 3.55. The number of ether oxygens (including phenoxy) is 1. The molecule has 3 rings (SSSR count). The number of benzene rings is 2. The molecule has 1 heterocycles. The van der Waals surface area contributed by atoms with Crippen molar-refractivity contribution in [1.82, 2.24) is 9.78 Å². The average Bonchev–Trinajstić information content (AvgIpc) is 3.00. The van der Waals surface area contributed by atoms with Crippen molar-refractivity contribution >= 4 is 23.3 Å². The van der Waals surface area contributed by atoms with Crippen LogP contribution in [0.1, 0.15) is 44.6 Å². The van der Waals surface area contributed by atoms with Crippen LogP contribution in [0.2, 0.25) is 0 Å². The Hall–Kier alpha value is -3.74. The predicted molar refractivity (Wildman–Crippen MR) is 113 cm³/mol. The van der Waals surface area contributed by atoms with Crippen molar-refractivity contribution in [3.05, 3.63) is 82.7 Å². The summed E-state index contributed by atoms with van der Waals surface area (Å²) in [4.78, 5) is 36.5. The molecule has 1 amide bonds. The summed E-state index contributed by atoms with van der Waals surface area (Å²) in [6.45, 7) is 5.01. The molecule has 1 N–H and O–H groups in total. The molecule has 0 aliphatic heterocycles. The number of Topliss-reactive ketones (excluding diaryl/α,β-unsaturated/α-hetero) is 1. The standard InChI is InChI=1S/C23H23N3O4/c1-15-22(16(2)26(25-15)13-18-9-5-4-6-10-18)23(29)30-14-21(28)24-20-12-8-7-11-19(20)17(3)27/h4-12H,13-14H2,1-3H3,(H,24,28). The summed E-state index contributed by atoms with van der Waals surface area (Å²) < 4.78 is 6.94. The van der Waals surface area contributed by atoms with Gasteiger partial charge in [-0.25, -0.2) is 4.79 Å². The molecule has 3 aromatic rings. The van der Waals surface area contributed by atoms with E-state index in [9.17, 15) is 14.4 Å². The highest BCUT2D eigenvalue weighted by molar-refractivity contribution is 6.04. The molecule has 7 nitrogen and oxygen atoms in total. The van der Waals surface area contributed by atoms with Crippen molar-refractivity contribution in [3.63, 3.8) is 0 Å². The van der Waals surface area contributed by atoms with Gasteiger partial charge < -0.3 is 10.1 Å². The van der Waals surface area contributed by atoms with Gasteiger partial charge in [0.25, 0.3) is 5.91 Å². The topological polar surface area (TPSA) is 90.3 Å². The summed E-state index contributed by atoms with van der Waals surface area (Å²) >= 11 is 0. The SMILES string of the molecule is CC(=O)c1ccccc1NC(=O)COC(=O)c1c(C)nn(Cc2ccccc2)c1C. The molecule has 0 aliphatic rings. The summed E-state index contributed by atoms with van der Waals surface area (Å²) in [5.74, 6) is -1.30. The second-order valence-electron chi connectivity index (χ2n) is 6.92. The van der Waals surface area contributed by atoms with Gasteiger partial charge in [-0.2, -0.15) is 5.10 Å². The molecule has 7 heteroatoms. The van der Waals surface area contributed by atoms with Gasteiger partial charge in [0, 0.05) is 5.56 Å². The lowest BCUT2D eigenvalue weighted by Gasteiger charge is -2.10. The largest absolute Gasteiger partial charge is 0.452 e. The number of aromatic nitrogens is 2. The van der Waals surface area contributed by atoms with Gasteiger partial charge in [-0.1, -0.05) is 42.5 Å². The molecule has 0 spiro atoms. The lowest BCUT2D eigenvalue weighted by Crippen LogP contribution is -2.22. The fourth-order valence-electron chi connectivity index (χ4n) is 3.19. The summed E-state index contributed by atoms with van der Waals surface area (Å²) in [5, 5.41) is 7.04. The van der Waals surface area contributed by atoms with Crippen molar-refractivity contribution in [1.29, 1.82) is 0 Å². The summed E-state index contributed by atoms with van der Waals surface area (Å²) in [7, 11) is 0. The van der Waals surface area contributed by atoms with E-state index in [1.165, 1.54) is 6.92 Å². The number of nitrogens with zero attached hydrogens (tertiary/aromatic N) is 2. The van der Waals surface area contributed by atoms with Crippen LogP contribution >= 0.6 is 0 Å². The Bertz CT molecular complexity index is 1090. The maximum absolute atomic E-state index is 12.6. The molecule has 2 aromatic carbocycles. The minimum absolute atomic E-state index is 0.167. The van der Waals surface area contributed by atoms with E-state index in [0.29, 0.717) is 34.7 Å². The molecule has 154 valence electrons. The number of hydrogen-bond acceptors (Lipinski definition) is 5. The second-order valence-corrected chi connectivity index (χ2v) is 6.92. The number of para-hydroxylation sites is 1. The van der Waals surface area contributed by atoms with E-state index in [4.69, 9.17) is 4.74 Å². The minimum atomic E-state index is -0.612. The number of carbonyl (C=O) groups is 3. The third kappa shape index (κ3) is 4.81. The fraction of sp³-hybridized carbons (Fsp3) is 0.217. The first kappa shape index (κ1) is 21.0. The van der Waals surface area contributed by atoms with Crippen LogP contribution in [0.5, 0.6) is 0 Å². The smallest absolute Gasteiger partial charge is 0.342 e. The molecule has 1 aromatic heterocycles. The first-order valence-corrected chi connectivity index (χ1v) is 9.51. The molecular weight excluding hydrogens is 382 g/mol. The molecule has 0 aliphatic carbocycles. The summed E-state index contributed by atoms with van der Waals surface area (Å²) in [6.07, 6.45) is 0. The zero-order valence-electron chi connectivity index (χ0n) is 17.1. The van der Waals surface area contributed by atoms with Gasteiger partial charge in [0.15, 0.2) is 12.4 Å². The van der Waals surface area contributed by atoms with Crippen LogP contribution in [-0.2, 0) is 16.1 Å². The number of anilines is 1. The third-order valence-electron chi connectivity index (χ3n) is 4.68. The van der Waals surface area contributed by atoms with Crippen molar-refractivity contribution in [2.45, 2.75) is 27.3 Å². The van der Waals surface area contributed by atoms with Crippen molar-refractivity contribution in [2.24, 2.45) is 0 Å². The first-order chi connectivity index (χ1) is 14.4. The van der Waals surface area contributed by atoms with Crippen LogP contribution in [-0.4, -0.2) is 34.0 Å². The van der Waals surface area contributed by atoms with Gasteiger partial charge in [0.05, 0.1) is 23.6 Å². The van der Waals surface area contributed by atoms with Gasteiger partial charge in [0.2, 0.25) is 0 Å². The van der Waals surface area contributed by atoms with E-state index in [2.05, 4.69) is 10.4 Å². The highest BCUT2D eigenvalue weighted by Crippen LogP contribution is 2.17.